The Morgan fingerprint density at radius 2 is 1.77 bits per heavy atom. The van der Waals surface area contributed by atoms with Crippen LogP contribution in [0.2, 0.25) is 10.0 Å². The molecule has 1 atom stereocenters. The first kappa shape index (κ1) is 18.8. The van der Waals surface area contributed by atoms with Crippen molar-refractivity contribution in [2.45, 2.75) is 25.2 Å². The predicted molar refractivity (Wildman–Crippen MR) is 96.2 cm³/mol. The normalized spacial score (nSPS) is 18.6. The van der Waals surface area contributed by atoms with Crippen molar-refractivity contribution in [1.29, 1.82) is 0 Å². The van der Waals surface area contributed by atoms with Crippen molar-refractivity contribution in [3.63, 3.8) is 0 Å². The van der Waals surface area contributed by atoms with E-state index >= 15 is 0 Å². The van der Waals surface area contributed by atoms with Crippen molar-refractivity contribution in [1.82, 2.24) is 0 Å². The minimum Gasteiger partial charge on any atom is -0.392 e. The number of aliphatic hydroxyl groups is 3. The minimum atomic E-state index is -2.18. The number of amides is 1. The third-order valence-electron chi connectivity index (χ3n) is 4.45. The molecule has 1 amide bonds. The summed E-state index contributed by atoms with van der Waals surface area (Å²) in [6, 6.07) is 7.50. The number of aliphatic hydroxyl groups excluding tert-OH is 2. The number of rotatable bonds is 5. The van der Waals surface area contributed by atoms with Gasteiger partial charge < -0.3 is 20.6 Å². The van der Waals surface area contributed by atoms with Crippen molar-refractivity contribution < 1.29 is 24.9 Å². The second-order valence-corrected chi connectivity index (χ2v) is 6.77. The summed E-state index contributed by atoms with van der Waals surface area (Å²) in [7, 11) is 0. The Balaban J connectivity index is 2.04. The zero-order valence-corrected chi connectivity index (χ0v) is 14.9. The smallest absolute Gasteiger partial charge is 0.261 e. The molecule has 4 N–H and O–H groups in total. The highest BCUT2D eigenvalue weighted by atomic mass is 35.5. The number of ketones is 1. The van der Waals surface area contributed by atoms with Gasteiger partial charge in [-0.25, -0.2) is 0 Å². The summed E-state index contributed by atoms with van der Waals surface area (Å²) in [5.74, 6) is -1.38. The second kappa shape index (κ2) is 6.98. The maximum atomic E-state index is 12.8. The van der Waals surface area contributed by atoms with E-state index in [1.165, 1.54) is 18.2 Å². The van der Waals surface area contributed by atoms with Crippen LogP contribution in [0.25, 0.3) is 0 Å². The highest BCUT2D eigenvalue weighted by molar-refractivity contribution is 6.38. The molecule has 1 aliphatic heterocycles. The van der Waals surface area contributed by atoms with Crippen LogP contribution in [-0.2, 0) is 23.6 Å². The van der Waals surface area contributed by atoms with E-state index in [0.717, 1.165) is 0 Å². The minimum absolute atomic E-state index is 0.0499. The number of benzene rings is 2. The van der Waals surface area contributed by atoms with Gasteiger partial charge in [0.25, 0.3) is 5.91 Å². The summed E-state index contributed by atoms with van der Waals surface area (Å²) in [6.07, 6.45) is -0.590. The number of carbonyl (C=O) groups excluding carboxylic acids is 2. The van der Waals surface area contributed by atoms with E-state index in [1.54, 1.807) is 12.1 Å². The zero-order valence-electron chi connectivity index (χ0n) is 13.4. The number of carbonyl (C=O) groups is 2. The predicted octanol–water partition coefficient (Wildman–Crippen LogP) is 2.39. The molecule has 6 nitrogen and oxygen atoms in total. The molecule has 3 rings (SSSR count). The van der Waals surface area contributed by atoms with Crippen LogP contribution in [0.1, 0.15) is 33.5 Å². The van der Waals surface area contributed by atoms with Crippen LogP contribution in [-0.4, -0.2) is 27.0 Å². The lowest BCUT2D eigenvalue weighted by molar-refractivity contribution is -0.133. The van der Waals surface area contributed by atoms with Gasteiger partial charge in [0.15, 0.2) is 11.4 Å². The molecule has 136 valence electrons. The summed E-state index contributed by atoms with van der Waals surface area (Å²) >= 11 is 12.2. The maximum absolute atomic E-state index is 12.8. The number of fused-ring (bicyclic) bond motifs is 1. The lowest BCUT2D eigenvalue weighted by atomic mass is 9.86. The highest BCUT2D eigenvalue weighted by Gasteiger charge is 2.49. The van der Waals surface area contributed by atoms with E-state index < -0.39 is 30.3 Å². The Morgan fingerprint density at radius 3 is 2.42 bits per heavy atom. The van der Waals surface area contributed by atoms with Crippen LogP contribution >= 0.6 is 23.2 Å². The van der Waals surface area contributed by atoms with Gasteiger partial charge in [0.1, 0.15) is 0 Å². The Bertz CT molecular complexity index is 915. The third kappa shape index (κ3) is 2.90. The molecule has 1 aliphatic rings. The monoisotopic (exact) mass is 395 g/mol. The van der Waals surface area contributed by atoms with E-state index in [4.69, 9.17) is 23.2 Å². The summed E-state index contributed by atoms with van der Waals surface area (Å²) in [5.41, 5.74) is -1.20. The average Bonchev–Trinajstić information content (AvgIpc) is 2.89. The van der Waals surface area contributed by atoms with Crippen molar-refractivity contribution in [3.05, 3.63) is 62.6 Å². The summed E-state index contributed by atoms with van der Waals surface area (Å²) < 4.78 is 0. The molecule has 8 heteroatoms. The number of anilines is 1. The van der Waals surface area contributed by atoms with Gasteiger partial charge in [-0.15, -0.1) is 0 Å². The van der Waals surface area contributed by atoms with Crippen molar-refractivity contribution in [3.8, 4) is 0 Å². The number of Topliss-reactive ketones (excluding diaryl/α,β-unsaturated/α-hetero) is 1. The first-order valence-electron chi connectivity index (χ1n) is 7.71. The molecule has 0 bridgehead atoms. The lowest BCUT2D eigenvalue weighted by Crippen LogP contribution is -2.37. The van der Waals surface area contributed by atoms with Crippen molar-refractivity contribution in [2.24, 2.45) is 0 Å². The molecule has 0 radical (unpaired) electrons. The topological polar surface area (TPSA) is 107 Å². The molecule has 0 aliphatic carbocycles. The van der Waals surface area contributed by atoms with Gasteiger partial charge in [0.2, 0.25) is 0 Å². The van der Waals surface area contributed by atoms with Crippen LogP contribution in [0.5, 0.6) is 0 Å². The van der Waals surface area contributed by atoms with Crippen LogP contribution in [0, 0.1) is 0 Å². The molecule has 0 spiro atoms. The van der Waals surface area contributed by atoms with Gasteiger partial charge in [0.05, 0.1) is 30.3 Å². The SMILES string of the molecule is O=C(CC1(O)C(=O)Nc2c(Cl)ccc(Cl)c21)c1cccc(CO)c1CO. The van der Waals surface area contributed by atoms with E-state index in [0.29, 0.717) is 5.56 Å². The molecular weight excluding hydrogens is 381 g/mol. The van der Waals surface area contributed by atoms with E-state index in [9.17, 15) is 24.9 Å². The Labute approximate surface area is 159 Å². The fourth-order valence-corrected chi connectivity index (χ4v) is 3.65. The molecule has 1 heterocycles. The molecule has 1 unspecified atom stereocenters. The fraction of sp³-hybridized carbons (Fsp3) is 0.222. The van der Waals surface area contributed by atoms with Gasteiger partial charge in [-0.1, -0.05) is 41.4 Å². The van der Waals surface area contributed by atoms with Gasteiger partial charge in [0, 0.05) is 16.1 Å². The van der Waals surface area contributed by atoms with Crippen molar-refractivity contribution in [2.75, 3.05) is 5.32 Å². The van der Waals surface area contributed by atoms with E-state index in [1.807, 2.05) is 0 Å². The van der Waals surface area contributed by atoms with Crippen molar-refractivity contribution >= 4 is 40.6 Å². The first-order chi connectivity index (χ1) is 12.3. The first-order valence-corrected chi connectivity index (χ1v) is 8.47. The number of nitrogens with one attached hydrogen (secondary N) is 1. The highest BCUT2D eigenvalue weighted by Crippen LogP contribution is 2.46. The van der Waals surface area contributed by atoms with Crippen LogP contribution in [0.15, 0.2) is 30.3 Å². The third-order valence-corrected chi connectivity index (χ3v) is 5.08. The van der Waals surface area contributed by atoms with Gasteiger partial charge >= 0.3 is 0 Å². The molecule has 0 aromatic heterocycles. The van der Waals surface area contributed by atoms with Crippen LogP contribution < -0.4 is 5.32 Å². The standard InChI is InChI=1S/C18H15Cl2NO5/c19-12-4-5-13(20)16-15(12)18(26,17(25)21-16)6-14(24)10-3-1-2-9(7-22)11(10)8-23/h1-5,22-23,26H,6-8H2,(H,21,25). The second-order valence-electron chi connectivity index (χ2n) is 5.95. The lowest BCUT2D eigenvalue weighted by Gasteiger charge is -2.22. The van der Waals surface area contributed by atoms with E-state index in [-0.39, 0.29) is 39.0 Å². The molecule has 0 saturated heterocycles. The number of halogens is 2. The zero-order chi connectivity index (χ0) is 19.1. The number of hydrogen-bond acceptors (Lipinski definition) is 5. The average molecular weight is 396 g/mol. The van der Waals surface area contributed by atoms with Crippen LogP contribution in [0.4, 0.5) is 5.69 Å². The summed E-state index contributed by atoms with van der Waals surface area (Å²) in [6.45, 7) is -0.822. The largest absolute Gasteiger partial charge is 0.392 e. The van der Waals surface area contributed by atoms with Crippen LogP contribution in [0.3, 0.4) is 0 Å². The Hall–Kier alpha value is -1.96. The summed E-state index contributed by atoms with van der Waals surface area (Å²) in [4.78, 5) is 25.2. The molecule has 2 aromatic rings. The maximum Gasteiger partial charge on any atom is 0.261 e. The van der Waals surface area contributed by atoms with E-state index in [2.05, 4.69) is 5.32 Å². The van der Waals surface area contributed by atoms with Gasteiger partial charge in [-0.3, -0.25) is 9.59 Å². The Morgan fingerprint density at radius 1 is 1.08 bits per heavy atom. The Kier molecular flexibility index (Phi) is 5.05. The molecule has 0 saturated carbocycles. The quantitative estimate of drug-likeness (QED) is 0.581. The van der Waals surface area contributed by atoms with Gasteiger partial charge in [-0.05, 0) is 23.3 Å². The molecule has 26 heavy (non-hydrogen) atoms. The molecule has 0 fully saturated rings. The fourth-order valence-electron chi connectivity index (χ4n) is 3.14. The molecular formula is C18H15Cl2NO5. The number of hydrogen-bond donors (Lipinski definition) is 4. The molecule has 2 aromatic carbocycles. The van der Waals surface area contributed by atoms with Gasteiger partial charge in [-0.2, -0.15) is 0 Å². The summed E-state index contributed by atoms with van der Waals surface area (Å²) in [5, 5.41) is 32.6.